The summed E-state index contributed by atoms with van der Waals surface area (Å²) in [5.41, 5.74) is 2.50. The lowest BCUT2D eigenvalue weighted by Crippen LogP contribution is -2.08. The Hall–Kier alpha value is -2.92. The van der Waals surface area contributed by atoms with Crippen molar-refractivity contribution in [2.24, 2.45) is 4.99 Å². The zero-order valence-corrected chi connectivity index (χ0v) is 14.7. The fourth-order valence-corrected chi connectivity index (χ4v) is 2.64. The van der Waals surface area contributed by atoms with Crippen LogP contribution >= 0.6 is 11.6 Å². The first kappa shape index (κ1) is 16.9. The molecule has 0 unspecified atom stereocenters. The molecule has 3 rings (SSSR count). The molecular weight excluding hydrogens is 336 g/mol. The van der Waals surface area contributed by atoms with Crippen molar-refractivity contribution in [3.63, 3.8) is 0 Å². The van der Waals surface area contributed by atoms with Crippen LogP contribution in [0.25, 0.3) is 16.9 Å². The van der Waals surface area contributed by atoms with E-state index in [1.807, 2.05) is 62.6 Å². The van der Waals surface area contributed by atoms with Gasteiger partial charge in [-0.2, -0.15) is 5.10 Å². The summed E-state index contributed by atoms with van der Waals surface area (Å²) in [5, 5.41) is 5.16. The van der Waals surface area contributed by atoms with Crippen molar-refractivity contribution in [1.82, 2.24) is 14.7 Å². The largest absolute Gasteiger partial charge is 0.369 e. The molecule has 5 nitrogen and oxygen atoms in total. The zero-order chi connectivity index (χ0) is 17.8. The monoisotopic (exact) mass is 352 g/mol. The Bertz CT molecular complexity index is 916. The van der Waals surface area contributed by atoms with Gasteiger partial charge in [0, 0.05) is 19.7 Å². The van der Waals surface area contributed by atoms with E-state index in [4.69, 9.17) is 11.6 Å². The third-order valence-electron chi connectivity index (χ3n) is 3.55. The van der Waals surface area contributed by atoms with Gasteiger partial charge in [0.15, 0.2) is 12.1 Å². The maximum Gasteiger partial charge on any atom is 0.168 e. The second-order valence-corrected chi connectivity index (χ2v) is 6.05. The number of halogens is 1. The van der Waals surface area contributed by atoms with Gasteiger partial charge in [-0.15, -0.1) is 0 Å². The minimum atomic E-state index is 0.421. The van der Waals surface area contributed by atoms with Crippen LogP contribution in [0.15, 0.2) is 59.6 Å². The van der Waals surface area contributed by atoms with E-state index in [0.29, 0.717) is 27.8 Å². The summed E-state index contributed by atoms with van der Waals surface area (Å²) in [6.07, 6.45) is 2.41. The van der Waals surface area contributed by atoms with Gasteiger partial charge in [-0.3, -0.25) is 4.79 Å². The highest BCUT2D eigenvalue weighted by Crippen LogP contribution is 2.33. The number of carbonyl (C=O) groups excluding carboxylic acids is 1. The molecule has 0 amide bonds. The molecule has 1 heterocycles. The van der Waals surface area contributed by atoms with Crippen LogP contribution in [-0.4, -0.2) is 41.4 Å². The first-order chi connectivity index (χ1) is 12.1. The Kier molecular flexibility index (Phi) is 4.95. The molecule has 0 radical (unpaired) electrons. The average Bonchev–Trinajstić information content (AvgIpc) is 2.99. The summed E-state index contributed by atoms with van der Waals surface area (Å²) < 4.78 is 1.61. The van der Waals surface area contributed by atoms with Crippen LogP contribution in [0.4, 0.5) is 5.82 Å². The van der Waals surface area contributed by atoms with Gasteiger partial charge in [-0.25, -0.2) is 9.67 Å². The fourth-order valence-electron chi connectivity index (χ4n) is 2.42. The predicted octanol–water partition coefficient (Wildman–Crippen LogP) is 4.23. The van der Waals surface area contributed by atoms with E-state index in [1.165, 1.54) is 0 Å². The first-order valence-corrected chi connectivity index (χ1v) is 8.08. The Balaban J connectivity index is 2.28. The third-order valence-corrected chi connectivity index (χ3v) is 3.87. The lowest BCUT2D eigenvalue weighted by molar-refractivity contribution is 0.112. The minimum absolute atomic E-state index is 0.421. The first-order valence-electron chi connectivity index (χ1n) is 7.71. The van der Waals surface area contributed by atoms with Crippen LogP contribution in [0.2, 0.25) is 5.02 Å². The van der Waals surface area contributed by atoms with Gasteiger partial charge in [-0.05, 0) is 12.1 Å². The summed E-state index contributed by atoms with van der Waals surface area (Å²) in [7, 11) is 3.72. The number of benzene rings is 2. The number of hydrogen-bond donors (Lipinski definition) is 0. The van der Waals surface area contributed by atoms with Gasteiger partial charge in [-0.1, -0.05) is 54.1 Å². The van der Waals surface area contributed by atoms with Crippen molar-refractivity contribution in [2.45, 2.75) is 0 Å². The van der Waals surface area contributed by atoms with E-state index < -0.39 is 0 Å². The van der Waals surface area contributed by atoms with Crippen molar-refractivity contribution in [3.05, 3.63) is 65.2 Å². The summed E-state index contributed by atoms with van der Waals surface area (Å²) in [5.74, 6) is 0.440. The van der Waals surface area contributed by atoms with Gasteiger partial charge < -0.3 is 4.90 Å². The standard InChI is InChI=1S/C19H17ClN4O/c1-23(2)13-21-19-15(12-25)18(14-8-4-3-5-9-14)22-24(19)17-11-7-6-10-16(17)20/h3-13H,1-2H3/b21-13+. The van der Waals surface area contributed by atoms with Gasteiger partial charge in [0.25, 0.3) is 0 Å². The molecule has 6 heteroatoms. The number of aldehydes is 1. The lowest BCUT2D eigenvalue weighted by atomic mass is 10.1. The quantitative estimate of drug-likeness (QED) is 0.392. The predicted molar refractivity (Wildman–Crippen MR) is 101 cm³/mol. The smallest absolute Gasteiger partial charge is 0.168 e. The van der Waals surface area contributed by atoms with E-state index in [9.17, 15) is 4.79 Å². The Morgan fingerprint density at radius 3 is 2.40 bits per heavy atom. The van der Waals surface area contributed by atoms with Crippen LogP contribution in [0, 0.1) is 0 Å². The molecule has 25 heavy (non-hydrogen) atoms. The van der Waals surface area contributed by atoms with Gasteiger partial charge in [0.05, 0.1) is 22.6 Å². The number of rotatable bonds is 5. The van der Waals surface area contributed by atoms with Crippen LogP contribution in [-0.2, 0) is 0 Å². The minimum Gasteiger partial charge on any atom is -0.369 e. The third kappa shape index (κ3) is 3.46. The molecule has 0 N–H and O–H groups in total. The Labute approximate surface area is 151 Å². The molecule has 0 aliphatic heterocycles. The number of aromatic nitrogens is 2. The topological polar surface area (TPSA) is 50.5 Å². The highest BCUT2D eigenvalue weighted by atomic mass is 35.5. The molecule has 0 spiro atoms. The maximum atomic E-state index is 11.8. The number of hydrogen-bond acceptors (Lipinski definition) is 3. The summed E-state index contributed by atoms with van der Waals surface area (Å²) >= 11 is 6.33. The molecule has 126 valence electrons. The number of nitrogens with zero attached hydrogens (tertiary/aromatic N) is 4. The molecule has 0 fully saturated rings. The molecule has 0 atom stereocenters. The average molecular weight is 353 g/mol. The SMILES string of the molecule is CN(C)/C=N/c1c(C=O)c(-c2ccccc2)nn1-c1ccccc1Cl. The molecular formula is C19H17ClN4O. The van der Waals surface area contributed by atoms with Crippen LogP contribution in [0.1, 0.15) is 10.4 Å². The lowest BCUT2D eigenvalue weighted by Gasteiger charge is -2.07. The molecule has 0 saturated heterocycles. The van der Waals surface area contributed by atoms with E-state index in [0.717, 1.165) is 11.8 Å². The van der Waals surface area contributed by atoms with E-state index >= 15 is 0 Å². The number of carbonyl (C=O) groups is 1. The van der Waals surface area contributed by atoms with E-state index in [1.54, 1.807) is 22.0 Å². The molecule has 0 bridgehead atoms. The molecule has 0 aliphatic carbocycles. The van der Waals surface area contributed by atoms with Crippen molar-refractivity contribution in [3.8, 4) is 16.9 Å². The van der Waals surface area contributed by atoms with E-state index in [2.05, 4.69) is 10.1 Å². The Morgan fingerprint density at radius 2 is 1.76 bits per heavy atom. The Morgan fingerprint density at radius 1 is 1.08 bits per heavy atom. The summed E-state index contributed by atoms with van der Waals surface area (Å²) in [6, 6.07) is 16.9. The second kappa shape index (κ2) is 7.32. The van der Waals surface area contributed by atoms with Gasteiger partial charge in [0.1, 0.15) is 5.69 Å². The highest BCUT2D eigenvalue weighted by molar-refractivity contribution is 6.32. The summed E-state index contributed by atoms with van der Waals surface area (Å²) in [6.45, 7) is 0. The molecule has 3 aromatic rings. The molecule has 2 aromatic carbocycles. The number of aliphatic imine (C=N–C) groups is 1. The second-order valence-electron chi connectivity index (χ2n) is 5.64. The molecule has 1 aromatic heterocycles. The van der Waals surface area contributed by atoms with E-state index in [-0.39, 0.29) is 0 Å². The van der Waals surface area contributed by atoms with Crippen LogP contribution in [0.3, 0.4) is 0 Å². The molecule has 0 saturated carbocycles. The normalized spacial score (nSPS) is 11.0. The number of para-hydroxylation sites is 1. The van der Waals surface area contributed by atoms with Crippen molar-refractivity contribution in [2.75, 3.05) is 14.1 Å². The van der Waals surface area contributed by atoms with Crippen molar-refractivity contribution >= 4 is 30.0 Å². The zero-order valence-electron chi connectivity index (χ0n) is 13.9. The fraction of sp³-hybridized carbons (Fsp3) is 0.105. The van der Waals surface area contributed by atoms with Crippen LogP contribution < -0.4 is 0 Å². The highest BCUT2D eigenvalue weighted by Gasteiger charge is 2.20. The van der Waals surface area contributed by atoms with Gasteiger partial charge in [0.2, 0.25) is 0 Å². The van der Waals surface area contributed by atoms with Gasteiger partial charge >= 0.3 is 0 Å². The van der Waals surface area contributed by atoms with Crippen molar-refractivity contribution in [1.29, 1.82) is 0 Å². The maximum absolute atomic E-state index is 11.8. The van der Waals surface area contributed by atoms with Crippen LogP contribution in [0.5, 0.6) is 0 Å². The molecule has 0 aliphatic rings. The summed E-state index contributed by atoms with van der Waals surface area (Å²) in [4.78, 5) is 18.1. The van der Waals surface area contributed by atoms with Crippen molar-refractivity contribution < 1.29 is 4.79 Å².